The fourth-order valence-corrected chi connectivity index (χ4v) is 10.8. The Bertz CT molecular complexity index is 2490. The van der Waals surface area contributed by atoms with E-state index >= 15 is 0 Å². The molecule has 2 heterocycles. The highest BCUT2D eigenvalue weighted by Gasteiger charge is 2.42. The van der Waals surface area contributed by atoms with E-state index in [-0.39, 0.29) is 16.6 Å². The average Bonchev–Trinajstić information content (AvgIpc) is 3.75. The van der Waals surface area contributed by atoms with Gasteiger partial charge in [0, 0.05) is 53.5 Å². The largest absolute Gasteiger partial charge is 0.310 e. The highest BCUT2D eigenvalue weighted by atomic mass is 32.1. The summed E-state index contributed by atoms with van der Waals surface area (Å²) < 4.78 is 2.65. The number of Topliss-reactive ketones (excluding diaryl/α,β-unsaturated/α-hetero) is 1. The van der Waals surface area contributed by atoms with E-state index in [2.05, 4.69) is 143 Å². The lowest BCUT2D eigenvalue weighted by molar-refractivity contribution is 0.103. The molecule has 48 heavy (non-hydrogen) atoms. The maximum atomic E-state index is 13.5. The maximum Gasteiger partial charge on any atom is 0.190 e. The molecule has 0 spiro atoms. The maximum absolute atomic E-state index is 13.5. The molecule has 0 N–H and O–H groups in total. The van der Waals surface area contributed by atoms with Crippen LogP contribution in [-0.2, 0) is 10.8 Å². The molecule has 0 saturated carbocycles. The van der Waals surface area contributed by atoms with Gasteiger partial charge in [0.25, 0.3) is 0 Å². The number of anilines is 3. The van der Waals surface area contributed by atoms with Crippen LogP contribution in [0.1, 0.15) is 65.2 Å². The number of carbonyl (C=O) groups excluding carboxylic acids is 1. The fraction of sp³-hybridized carbons (Fsp3) is 0.159. The smallest absolute Gasteiger partial charge is 0.190 e. The standard InChI is InChI=1S/C44H35NOS2/c1-26-14-17-29(18-15-26)45(30-19-16-27-10-6-7-11-28(27)22-30)31-20-21-34-36(23-31)44(4,5)39-41(34)48-38-25-32(47-42(38)39)24-37-40(46)33-12-8-9-13-35(33)43(37,2)3/h6-25H,1-5H3/b37-24+. The van der Waals surface area contributed by atoms with Crippen LogP contribution < -0.4 is 4.90 Å². The molecule has 2 aromatic heterocycles. The number of hydrogen-bond donors (Lipinski definition) is 0. The van der Waals surface area contributed by atoms with Gasteiger partial charge in [-0.25, -0.2) is 0 Å². The number of thiophene rings is 2. The number of carbonyl (C=O) groups is 1. The average molecular weight is 658 g/mol. The number of fused-ring (bicyclic) bond motifs is 7. The molecule has 2 aliphatic rings. The zero-order valence-corrected chi connectivity index (χ0v) is 29.4. The highest BCUT2D eigenvalue weighted by Crippen LogP contribution is 2.58. The first kappa shape index (κ1) is 29.4. The quantitative estimate of drug-likeness (QED) is 0.176. The second-order valence-corrected chi connectivity index (χ2v) is 16.4. The lowest BCUT2D eigenvalue weighted by atomic mass is 9.82. The molecule has 2 nitrogen and oxygen atoms in total. The minimum atomic E-state index is -0.312. The molecule has 2 aliphatic carbocycles. The Kier molecular flexibility index (Phi) is 6.34. The van der Waals surface area contributed by atoms with Gasteiger partial charge < -0.3 is 4.90 Å². The van der Waals surface area contributed by atoms with Gasteiger partial charge in [0.1, 0.15) is 0 Å². The zero-order valence-electron chi connectivity index (χ0n) is 27.7. The first-order valence-electron chi connectivity index (χ1n) is 16.5. The van der Waals surface area contributed by atoms with E-state index in [1.165, 1.54) is 47.3 Å². The second-order valence-electron chi connectivity index (χ2n) is 14.3. The molecule has 5 aromatic carbocycles. The van der Waals surface area contributed by atoms with Crippen molar-refractivity contribution < 1.29 is 4.79 Å². The number of aryl methyl sites for hydroxylation is 1. The van der Waals surface area contributed by atoms with Gasteiger partial charge in [-0.1, -0.05) is 106 Å². The van der Waals surface area contributed by atoms with E-state index in [1.807, 2.05) is 40.9 Å². The van der Waals surface area contributed by atoms with Crippen molar-refractivity contribution in [3.63, 3.8) is 0 Å². The summed E-state index contributed by atoms with van der Waals surface area (Å²) in [6.07, 6.45) is 2.16. The summed E-state index contributed by atoms with van der Waals surface area (Å²) in [6, 6.07) is 41.5. The van der Waals surface area contributed by atoms with E-state index in [9.17, 15) is 4.79 Å². The Balaban J connectivity index is 1.14. The monoisotopic (exact) mass is 657 g/mol. The van der Waals surface area contributed by atoms with Crippen LogP contribution in [0.3, 0.4) is 0 Å². The second kappa shape index (κ2) is 10.4. The van der Waals surface area contributed by atoms with E-state index in [4.69, 9.17) is 0 Å². The first-order valence-corrected chi connectivity index (χ1v) is 18.2. The van der Waals surface area contributed by atoms with E-state index in [1.54, 1.807) is 0 Å². The third-order valence-electron chi connectivity index (χ3n) is 10.5. The normalized spacial score (nSPS) is 16.4. The number of nitrogens with zero attached hydrogens (tertiary/aromatic N) is 1. The summed E-state index contributed by atoms with van der Waals surface area (Å²) in [6.45, 7) is 11.2. The van der Waals surface area contributed by atoms with Gasteiger partial charge in [-0.3, -0.25) is 4.79 Å². The van der Waals surface area contributed by atoms with Gasteiger partial charge in [0.2, 0.25) is 0 Å². The van der Waals surface area contributed by atoms with Gasteiger partial charge in [-0.15, -0.1) is 22.7 Å². The Morgan fingerprint density at radius 1 is 0.625 bits per heavy atom. The molecule has 0 bridgehead atoms. The lowest BCUT2D eigenvalue weighted by Crippen LogP contribution is -2.16. The summed E-state index contributed by atoms with van der Waals surface area (Å²) in [5.74, 6) is 0.155. The Morgan fingerprint density at radius 3 is 2.10 bits per heavy atom. The minimum absolute atomic E-state index is 0.155. The number of rotatable bonds is 4. The van der Waals surface area contributed by atoms with E-state index in [0.29, 0.717) is 0 Å². The van der Waals surface area contributed by atoms with Gasteiger partial charge in [0.15, 0.2) is 5.78 Å². The Hall–Kier alpha value is -4.77. The molecule has 0 unspecified atom stereocenters. The number of benzene rings is 5. The molecule has 9 rings (SSSR count). The van der Waals surface area contributed by atoms with Crippen molar-refractivity contribution in [2.24, 2.45) is 0 Å². The van der Waals surface area contributed by atoms with Crippen molar-refractivity contribution in [2.45, 2.75) is 45.4 Å². The van der Waals surface area contributed by atoms with Crippen molar-refractivity contribution in [3.8, 4) is 10.4 Å². The van der Waals surface area contributed by atoms with Crippen molar-refractivity contribution in [3.05, 3.63) is 154 Å². The Morgan fingerprint density at radius 2 is 1.31 bits per heavy atom. The SMILES string of the molecule is Cc1ccc(N(c2ccc3c(c2)C(C)(C)c2c-3sc3cc(/C=C4\C(=O)c5ccccc5C4(C)C)sc23)c2ccc3ccccc3c2)cc1. The third-order valence-corrected chi connectivity index (χ3v) is 12.9. The number of ketones is 1. The van der Waals surface area contributed by atoms with Crippen LogP contribution in [0.5, 0.6) is 0 Å². The minimum Gasteiger partial charge on any atom is -0.310 e. The van der Waals surface area contributed by atoms with Crippen LogP contribution in [-0.4, -0.2) is 5.78 Å². The fourth-order valence-electron chi connectivity index (χ4n) is 7.90. The molecule has 0 atom stereocenters. The van der Waals surface area contributed by atoms with Crippen LogP contribution in [0.4, 0.5) is 17.1 Å². The summed E-state index contributed by atoms with van der Waals surface area (Å²) >= 11 is 3.72. The van der Waals surface area contributed by atoms with Crippen LogP contribution in [0, 0.1) is 6.92 Å². The van der Waals surface area contributed by atoms with Gasteiger partial charge in [-0.2, -0.15) is 0 Å². The summed E-state index contributed by atoms with van der Waals surface area (Å²) in [4.78, 5) is 18.4. The van der Waals surface area contributed by atoms with Crippen molar-refractivity contribution in [1.82, 2.24) is 0 Å². The van der Waals surface area contributed by atoms with Crippen molar-refractivity contribution in [2.75, 3.05) is 4.90 Å². The van der Waals surface area contributed by atoms with Crippen molar-refractivity contribution in [1.29, 1.82) is 0 Å². The molecule has 0 aliphatic heterocycles. The van der Waals surface area contributed by atoms with Crippen molar-refractivity contribution >= 4 is 71.8 Å². The predicted octanol–water partition coefficient (Wildman–Crippen LogP) is 12.8. The third kappa shape index (κ3) is 4.25. The Labute approximate surface area is 289 Å². The van der Waals surface area contributed by atoms with Crippen LogP contribution in [0.15, 0.2) is 121 Å². The summed E-state index contributed by atoms with van der Waals surface area (Å²) in [5.41, 5.74) is 11.2. The summed E-state index contributed by atoms with van der Waals surface area (Å²) in [5, 5.41) is 2.47. The van der Waals surface area contributed by atoms with Gasteiger partial charge in [-0.05, 0) is 88.5 Å². The van der Waals surface area contributed by atoms with Gasteiger partial charge in [0.05, 0.1) is 4.70 Å². The topological polar surface area (TPSA) is 20.3 Å². The zero-order chi connectivity index (χ0) is 32.9. The molecule has 0 saturated heterocycles. The lowest BCUT2D eigenvalue weighted by Gasteiger charge is -2.28. The number of hydrogen-bond acceptors (Lipinski definition) is 4. The molecule has 4 heteroatoms. The van der Waals surface area contributed by atoms with E-state index in [0.717, 1.165) is 38.6 Å². The molecule has 0 amide bonds. The van der Waals surface area contributed by atoms with E-state index < -0.39 is 0 Å². The molecular weight excluding hydrogens is 623 g/mol. The molecule has 7 aromatic rings. The predicted molar refractivity (Wildman–Crippen MR) is 206 cm³/mol. The molecule has 0 fully saturated rings. The first-order chi connectivity index (χ1) is 23.1. The van der Waals surface area contributed by atoms with Crippen LogP contribution in [0.25, 0.3) is 36.7 Å². The van der Waals surface area contributed by atoms with Crippen LogP contribution in [0.2, 0.25) is 0 Å². The molecular formula is C44H35NOS2. The number of allylic oxidation sites excluding steroid dienone is 1. The van der Waals surface area contributed by atoms with Gasteiger partial charge >= 0.3 is 0 Å². The molecule has 0 radical (unpaired) electrons. The highest BCUT2D eigenvalue weighted by molar-refractivity contribution is 7.30. The van der Waals surface area contributed by atoms with Crippen LogP contribution >= 0.6 is 22.7 Å². The molecule has 234 valence electrons. The summed E-state index contributed by atoms with van der Waals surface area (Å²) in [7, 11) is 0.